The second-order valence-electron chi connectivity index (χ2n) is 12.2. The Bertz CT molecular complexity index is 1310. The summed E-state index contributed by atoms with van der Waals surface area (Å²) in [7, 11) is 1.81. The average Bonchev–Trinajstić information content (AvgIpc) is 3.01. The predicted octanol–water partition coefficient (Wildman–Crippen LogP) is 2.37. The van der Waals surface area contributed by atoms with Crippen LogP contribution in [0.4, 0.5) is 14.5 Å². The Morgan fingerprint density at radius 2 is 1.54 bits per heavy atom. The molecule has 254 valence electrons. The van der Waals surface area contributed by atoms with Gasteiger partial charge in [-0.25, -0.2) is 4.57 Å². The number of rotatable bonds is 17. The summed E-state index contributed by atoms with van der Waals surface area (Å²) in [6.07, 6.45) is 1.94. The van der Waals surface area contributed by atoms with Gasteiger partial charge in [0.15, 0.2) is 12.4 Å². The molecule has 0 aliphatic carbocycles. The van der Waals surface area contributed by atoms with E-state index in [1.807, 2.05) is 6.92 Å². The first-order valence-corrected chi connectivity index (χ1v) is 15.7. The number of benzene rings is 1. The maximum atomic E-state index is 15.3. The molecule has 0 aliphatic rings. The Labute approximate surface area is 269 Å². The molecule has 0 fully saturated rings. The van der Waals surface area contributed by atoms with E-state index in [0.29, 0.717) is 29.7 Å². The molecule has 0 bridgehead atoms. The van der Waals surface area contributed by atoms with E-state index < -0.39 is 53.8 Å². The summed E-state index contributed by atoms with van der Waals surface area (Å²) < 4.78 is 32.3. The van der Waals surface area contributed by atoms with E-state index in [4.69, 9.17) is 5.73 Å². The minimum absolute atomic E-state index is 0.0685. The molecular weight excluding hydrogens is 598 g/mol. The monoisotopic (exact) mass is 647 g/mol. The number of nitrogens with zero attached hydrogens (tertiary/aromatic N) is 1. The third-order valence-corrected chi connectivity index (χ3v) is 7.77. The van der Waals surface area contributed by atoms with Crippen molar-refractivity contribution in [3.05, 3.63) is 59.9 Å². The smallest absolute Gasteiger partial charge is 0.351 e. The first kappa shape index (κ1) is 38.1. The molecule has 0 radical (unpaired) electrons. The highest BCUT2D eigenvalue weighted by Crippen LogP contribution is 2.25. The zero-order valence-electron chi connectivity index (χ0n) is 27.5. The lowest BCUT2D eigenvalue weighted by molar-refractivity contribution is -0.671. The van der Waals surface area contributed by atoms with Crippen molar-refractivity contribution in [1.82, 2.24) is 21.3 Å². The Morgan fingerprint density at radius 3 is 2.09 bits per heavy atom. The molecule has 11 nitrogen and oxygen atoms in total. The minimum Gasteiger partial charge on any atom is -0.399 e. The van der Waals surface area contributed by atoms with Crippen molar-refractivity contribution in [2.75, 3.05) is 5.73 Å². The molecule has 2 rings (SSSR count). The standard InChI is InChI=1S/C33H48F2N6O5/c1-7-9-25(38-31(45)27(21(5)8-2)40-29(43)23-14-16-41(6)17-15-23)30(44)39-26(18-20(3)4)28(42)33(34,35)32(46)37-19-22-10-12-24(36)13-11-22/h10-17,20-21,25-28,42H,7-9,18-19,36H2,1-6H3,(H3-,37,38,39,40,43,44,45,46)/p+1/t21-,25-,26-,27-,28+/m0/s1. The van der Waals surface area contributed by atoms with E-state index in [9.17, 15) is 24.3 Å². The van der Waals surface area contributed by atoms with Crippen LogP contribution in [0.15, 0.2) is 48.8 Å². The van der Waals surface area contributed by atoms with E-state index >= 15 is 8.78 Å². The number of amides is 4. The molecule has 0 saturated heterocycles. The number of carbonyl (C=O) groups excluding carboxylic acids is 4. The number of aliphatic hydroxyl groups excluding tert-OH is 1. The summed E-state index contributed by atoms with van der Waals surface area (Å²) in [5.41, 5.74) is 6.99. The van der Waals surface area contributed by atoms with E-state index in [2.05, 4.69) is 21.3 Å². The molecular formula is C33H49F2N6O5+. The van der Waals surface area contributed by atoms with E-state index in [-0.39, 0.29) is 31.2 Å². The second kappa shape index (κ2) is 17.5. The van der Waals surface area contributed by atoms with Crippen LogP contribution in [-0.2, 0) is 28.0 Å². The molecule has 1 aromatic carbocycles. The summed E-state index contributed by atoms with van der Waals surface area (Å²) >= 11 is 0. The van der Waals surface area contributed by atoms with Crippen LogP contribution < -0.4 is 31.6 Å². The molecule has 1 aromatic heterocycles. The van der Waals surface area contributed by atoms with Gasteiger partial charge >= 0.3 is 5.92 Å². The summed E-state index contributed by atoms with van der Waals surface area (Å²) in [5, 5.41) is 20.8. The average molecular weight is 648 g/mol. The van der Waals surface area contributed by atoms with Gasteiger partial charge in [-0.05, 0) is 42.4 Å². The normalized spacial score (nSPS) is 14.8. The fourth-order valence-electron chi connectivity index (χ4n) is 4.78. The number of nitrogen functional groups attached to an aromatic ring is 1. The maximum absolute atomic E-state index is 15.3. The third kappa shape index (κ3) is 11.0. The summed E-state index contributed by atoms with van der Waals surface area (Å²) in [6, 6.07) is 5.87. The van der Waals surface area contributed by atoms with Crippen LogP contribution in [0.5, 0.6) is 0 Å². The SMILES string of the molecule is CCC[C@H](NC(=O)[C@@H](NC(=O)c1cc[n+](C)cc1)[C@@H](C)CC)C(=O)N[C@@H](CC(C)C)[C@@H](O)C(F)(F)C(=O)NCc1ccc(N)cc1. The van der Waals surface area contributed by atoms with Crippen LogP contribution >= 0.6 is 0 Å². The van der Waals surface area contributed by atoms with Crippen LogP contribution in [0.1, 0.15) is 76.2 Å². The van der Waals surface area contributed by atoms with Crippen molar-refractivity contribution in [1.29, 1.82) is 0 Å². The summed E-state index contributed by atoms with van der Waals surface area (Å²) in [5.74, 6) is -8.33. The molecule has 7 N–H and O–H groups in total. The molecule has 1 heterocycles. The number of carbonyl (C=O) groups is 4. The molecule has 0 aliphatic heterocycles. The van der Waals surface area contributed by atoms with Crippen molar-refractivity contribution in [3.63, 3.8) is 0 Å². The Balaban J connectivity index is 2.19. The van der Waals surface area contributed by atoms with E-state index in [1.165, 1.54) is 0 Å². The summed E-state index contributed by atoms with van der Waals surface area (Å²) in [6.45, 7) is 8.67. The number of hydrogen-bond acceptors (Lipinski definition) is 6. The number of aliphatic hydroxyl groups is 1. The zero-order chi connectivity index (χ0) is 34.6. The number of nitrogens with two attached hydrogens (primary N) is 1. The number of anilines is 1. The lowest BCUT2D eigenvalue weighted by atomic mass is 9.94. The molecule has 46 heavy (non-hydrogen) atoms. The van der Waals surface area contributed by atoms with E-state index in [1.54, 1.807) is 88.1 Å². The number of nitrogens with one attached hydrogen (secondary N) is 4. The minimum atomic E-state index is -4.25. The summed E-state index contributed by atoms with van der Waals surface area (Å²) in [4.78, 5) is 52.4. The van der Waals surface area contributed by atoms with Gasteiger partial charge in [-0.2, -0.15) is 8.78 Å². The van der Waals surface area contributed by atoms with E-state index in [0.717, 1.165) is 0 Å². The molecule has 4 amide bonds. The van der Waals surface area contributed by atoms with Gasteiger partial charge < -0.3 is 32.1 Å². The van der Waals surface area contributed by atoms with Crippen molar-refractivity contribution >= 4 is 29.3 Å². The van der Waals surface area contributed by atoms with Gasteiger partial charge in [-0.3, -0.25) is 19.2 Å². The second-order valence-corrected chi connectivity index (χ2v) is 12.2. The lowest BCUT2D eigenvalue weighted by Gasteiger charge is -2.32. The van der Waals surface area contributed by atoms with Gasteiger partial charge in [-0.15, -0.1) is 0 Å². The lowest BCUT2D eigenvalue weighted by Crippen LogP contribution is -2.61. The third-order valence-electron chi connectivity index (χ3n) is 7.77. The Morgan fingerprint density at radius 1 is 0.935 bits per heavy atom. The number of halogens is 2. The fraction of sp³-hybridized carbons (Fsp3) is 0.545. The van der Waals surface area contributed by atoms with Crippen LogP contribution in [0.2, 0.25) is 0 Å². The molecule has 13 heteroatoms. The van der Waals surface area contributed by atoms with Gasteiger partial charge in [-0.1, -0.05) is 59.6 Å². The van der Waals surface area contributed by atoms with Crippen molar-refractivity contribution < 1.29 is 37.6 Å². The number of hydrogen-bond donors (Lipinski definition) is 6. The number of aryl methyl sites for hydroxylation is 1. The van der Waals surface area contributed by atoms with Gasteiger partial charge in [0.25, 0.3) is 11.8 Å². The first-order chi connectivity index (χ1) is 21.6. The van der Waals surface area contributed by atoms with Crippen molar-refractivity contribution in [2.24, 2.45) is 18.9 Å². The van der Waals surface area contributed by atoms with Crippen molar-refractivity contribution in [3.8, 4) is 0 Å². The molecule has 0 saturated carbocycles. The van der Waals surface area contributed by atoms with Gasteiger partial charge in [0, 0.05) is 24.4 Å². The van der Waals surface area contributed by atoms with Crippen LogP contribution in [0, 0.1) is 11.8 Å². The Kier molecular flexibility index (Phi) is 14.5. The first-order valence-electron chi connectivity index (χ1n) is 15.7. The highest BCUT2D eigenvalue weighted by molar-refractivity contribution is 5.98. The molecule has 0 unspecified atom stereocenters. The predicted molar refractivity (Wildman–Crippen MR) is 170 cm³/mol. The molecule has 5 atom stereocenters. The van der Waals surface area contributed by atoms with Gasteiger partial charge in [0.2, 0.25) is 11.8 Å². The zero-order valence-corrected chi connectivity index (χ0v) is 27.5. The molecule has 2 aromatic rings. The van der Waals surface area contributed by atoms with Gasteiger partial charge in [0.1, 0.15) is 25.2 Å². The van der Waals surface area contributed by atoms with Crippen molar-refractivity contribution in [2.45, 2.75) is 97.0 Å². The number of pyridine rings is 1. The van der Waals surface area contributed by atoms with Crippen LogP contribution in [0.25, 0.3) is 0 Å². The topological polar surface area (TPSA) is 167 Å². The van der Waals surface area contributed by atoms with Gasteiger partial charge in [0.05, 0.1) is 11.6 Å². The van der Waals surface area contributed by atoms with Crippen LogP contribution in [-0.4, -0.2) is 58.9 Å². The quantitative estimate of drug-likeness (QED) is 0.114. The highest BCUT2D eigenvalue weighted by atomic mass is 19.3. The number of aromatic nitrogens is 1. The maximum Gasteiger partial charge on any atom is 0.351 e. The molecule has 0 spiro atoms. The largest absolute Gasteiger partial charge is 0.399 e. The Hall–Kier alpha value is -4.13. The van der Waals surface area contributed by atoms with Crippen LogP contribution in [0.3, 0.4) is 0 Å². The number of alkyl halides is 2. The highest BCUT2D eigenvalue weighted by Gasteiger charge is 2.50. The fourth-order valence-corrected chi connectivity index (χ4v) is 4.78.